The fraction of sp³-hybridized carbons (Fsp3) is 0.545. The highest BCUT2D eigenvalue weighted by molar-refractivity contribution is 5.89. The van der Waals surface area contributed by atoms with E-state index in [4.69, 9.17) is 5.73 Å². The smallest absolute Gasteiger partial charge is 0.341 e. The molecule has 0 unspecified atom stereocenters. The van der Waals surface area contributed by atoms with Crippen molar-refractivity contribution in [1.82, 2.24) is 4.40 Å². The molecule has 0 spiro atoms. The van der Waals surface area contributed by atoms with Crippen molar-refractivity contribution in [3.63, 3.8) is 0 Å². The van der Waals surface area contributed by atoms with Crippen LogP contribution < -0.4 is 16.2 Å². The summed E-state index contributed by atoms with van der Waals surface area (Å²) in [5.41, 5.74) is 8.13. The number of hydrogen-bond acceptors (Lipinski definition) is 4. The maximum absolute atomic E-state index is 15.3. The minimum absolute atomic E-state index is 0. The van der Waals surface area contributed by atoms with Crippen molar-refractivity contribution < 1.29 is 14.3 Å². The second-order valence-corrected chi connectivity index (χ2v) is 8.99. The third kappa shape index (κ3) is 3.19. The average Bonchev–Trinajstić information content (AvgIpc) is 3.42. The number of nitrogens with two attached hydrogens (primary N) is 1. The summed E-state index contributed by atoms with van der Waals surface area (Å²) in [5, 5.41) is 9.43. The average molecular weight is 436 g/mol. The number of pyridine rings is 2. The lowest BCUT2D eigenvalue weighted by Gasteiger charge is -2.29. The Kier molecular flexibility index (Phi) is 5.31. The van der Waals surface area contributed by atoms with Gasteiger partial charge in [0.15, 0.2) is 5.82 Å². The van der Waals surface area contributed by atoms with Crippen molar-refractivity contribution in [3.8, 4) is 0 Å². The molecule has 0 amide bonds. The van der Waals surface area contributed by atoms with Crippen LogP contribution in [0.2, 0.25) is 0 Å². The van der Waals surface area contributed by atoms with Crippen LogP contribution in [-0.4, -0.2) is 34.6 Å². The number of aryl methyl sites for hydroxylation is 1. The highest BCUT2D eigenvalue weighted by Crippen LogP contribution is 2.45. The zero-order chi connectivity index (χ0) is 20.4. The van der Waals surface area contributed by atoms with Crippen LogP contribution in [0.4, 0.5) is 10.1 Å². The Bertz CT molecular complexity index is 1080. The molecule has 2 aromatic heterocycles. The summed E-state index contributed by atoms with van der Waals surface area (Å²) in [6.45, 7) is 3.36. The number of carboxylic acids is 1. The number of carbonyl (C=O) groups is 1. The quantitative estimate of drug-likeness (QED) is 0.772. The molecule has 30 heavy (non-hydrogen) atoms. The Morgan fingerprint density at radius 2 is 1.97 bits per heavy atom. The van der Waals surface area contributed by atoms with Crippen molar-refractivity contribution in [1.29, 1.82) is 0 Å². The van der Waals surface area contributed by atoms with Gasteiger partial charge in [0.1, 0.15) is 5.56 Å². The van der Waals surface area contributed by atoms with E-state index in [-0.39, 0.29) is 29.9 Å². The second-order valence-electron chi connectivity index (χ2n) is 8.99. The van der Waals surface area contributed by atoms with E-state index >= 15 is 4.39 Å². The van der Waals surface area contributed by atoms with Crippen molar-refractivity contribution in [2.45, 2.75) is 51.0 Å². The highest BCUT2D eigenvalue weighted by atomic mass is 35.5. The van der Waals surface area contributed by atoms with Crippen LogP contribution in [0.5, 0.6) is 0 Å². The van der Waals surface area contributed by atoms with Gasteiger partial charge in [-0.2, -0.15) is 0 Å². The van der Waals surface area contributed by atoms with Crippen LogP contribution in [0.3, 0.4) is 0 Å². The SMILES string of the molecule is Cc1c(N2C[C@@H]3CCC[C@@H](N)[C@H]3C2)c(F)cn2c(=O)c(C(=O)O)cc(C3CC3)c12.Cl. The normalized spacial score (nSPS) is 25.8. The van der Waals surface area contributed by atoms with E-state index in [9.17, 15) is 14.7 Å². The fourth-order valence-electron chi connectivity index (χ4n) is 5.59. The summed E-state index contributed by atoms with van der Waals surface area (Å²) in [4.78, 5) is 26.4. The van der Waals surface area contributed by atoms with Crippen molar-refractivity contribution in [2.75, 3.05) is 18.0 Å². The van der Waals surface area contributed by atoms with E-state index in [1.807, 2.05) is 6.92 Å². The van der Waals surface area contributed by atoms with Gasteiger partial charge in [0, 0.05) is 19.1 Å². The van der Waals surface area contributed by atoms with E-state index in [1.54, 1.807) is 0 Å². The number of hydrogen-bond donors (Lipinski definition) is 2. The largest absolute Gasteiger partial charge is 0.477 e. The fourth-order valence-corrected chi connectivity index (χ4v) is 5.59. The van der Waals surface area contributed by atoms with Crippen LogP contribution in [0.25, 0.3) is 5.52 Å². The molecule has 2 saturated carbocycles. The molecule has 6 nitrogen and oxygen atoms in total. The molecule has 5 rings (SSSR count). The number of rotatable bonds is 3. The monoisotopic (exact) mass is 435 g/mol. The Hall–Kier alpha value is -2.12. The van der Waals surface area contributed by atoms with Gasteiger partial charge in [0.05, 0.1) is 17.4 Å². The molecule has 2 aliphatic carbocycles. The molecule has 3 aliphatic rings. The van der Waals surface area contributed by atoms with E-state index < -0.39 is 17.3 Å². The summed E-state index contributed by atoms with van der Waals surface area (Å²) < 4.78 is 16.5. The number of fused-ring (bicyclic) bond motifs is 2. The molecule has 3 fully saturated rings. The summed E-state index contributed by atoms with van der Waals surface area (Å²) in [7, 11) is 0. The lowest BCUT2D eigenvalue weighted by molar-refractivity contribution is 0.0694. The van der Waals surface area contributed by atoms with Crippen molar-refractivity contribution >= 4 is 29.6 Å². The number of halogens is 2. The maximum atomic E-state index is 15.3. The van der Waals surface area contributed by atoms with Crippen LogP contribution in [0, 0.1) is 24.6 Å². The van der Waals surface area contributed by atoms with Crippen molar-refractivity contribution in [3.05, 3.63) is 45.1 Å². The molecule has 3 heterocycles. The summed E-state index contributed by atoms with van der Waals surface area (Å²) in [6.07, 6.45) is 6.36. The van der Waals surface area contributed by atoms with Gasteiger partial charge in [-0.15, -0.1) is 12.4 Å². The molecular formula is C22H27ClFN3O3. The first-order valence-corrected chi connectivity index (χ1v) is 10.5. The van der Waals surface area contributed by atoms with Crippen molar-refractivity contribution in [2.24, 2.45) is 17.6 Å². The maximum Gasteiger partial charge on any atom is 0.341 e. The van der Waals surface area contributed by atoms with Gasteiger partial charge in [-0.05, 0) is 67.6 Å². The first-order chi connectivity index (χ1) is 13.9. The highest BCUT2D eigenvalue weighted by Gasteiger charge is 2.40. The molecule has 3 atom stereocenters. The lowest BCUT2D eigenvalue weighted by Crippen LogP contribution is -2.38. The Labute approximate surface area is 180 Å². The summed E-state index contributed by atoms with van der Waals surface area (Å²) in [5.74, 6) is -0.665. The minimum atomic E-state index is -1.27. The predicted octanol–water partition coefficient (Wildman–Crippen LogP) is 3.31. The molecule has 2 aromatic rings. The zero-order valence-electron chi connectivity index (χ0n) is 16.9. The van der Waals surface area contributed by atoms with E-state index in [0.717, 1.165) is 50.8 Å². The van der Waals surface area contributed by atoms with Crippen LogP contribution >= 0.6 is 12.4 Å². The number of aromatic carboxylic acids is 1. The molecular weight excluding hydrogens is 409 g/mol. The molecule has 8 heteroatoms. The number of nitrogens with zero attached hydrogens (tertiary/aromatic N) is 2. The second kappa shape index (κ2) is 7.54. The number of aromatic nitrogens is 1. The number of anilines is 1. The molecule has 162 valence electrons. The van der Waals surface area contributed by atoms with Gasteiger partial charge in [-0.3, -0.25) is 9.20 Å². The summed E-state index contributed by atoms with van der Waals surface area (Å²) >= 11 is 0. The first kappa shape index (κ1) is 21.1. The Balaban J connectivity index is 0.00000218. The lowest BCUT2D eigenvalue weighted by atomic mass is 9.78. The molecule has 3 N–H and O–H groups in total. The van der Waals surface area contributed by atoms with Gasteiger partial charge < -0.3 is 15.7 Å². The molecule has 0 aromatic carbocycles. The predicted molar refractivity (Wildman–Crippen MR) is 116 cm³/mol. The molecule has 0 radical (unpaired) electrons. The number of carboxylic acid groups (broad SMARTS) is 1. The third-order valence-corrected chi connectivity index (χ3v) is 7.16. The summed E-state index contributed by atoms with van der Waals surface area (Å²) in [6, 6.07) is 1.66. The van der Waals surface area contributed by atoms with Gasteiger partial charge in [0.25, 0.3) is 5.56 Å². The van der Waals surface area contributed by atoms with E-state index in [0.29, 0.717) is 28.6 Å². The van der Waals surface area contributed by atoms with Crippen LogP contribution in [0.1, 0.15) is 59.5 Å². The van der Waals surface area contributed by atoms with Gasteiger partial charge in [0.2, 0.25) is 0 Å². The Morgan fingerprint density at radius 1 is 1.23 bits per heavy atom. The third-order valence-electron chi connectivity index (χ3n) is 7.16. The van der Waals surface area contributed by atoms with E-state index in [1.165, 1.54) is 16.7 Å². The van der Waals surface area contributed by atoms with Gasteiger partial charge in [-0.25, -0.2) is 9.18 Å². The Morgan fingerprint density at radius 3 is 2.60 bits per heavy atom. The zero-order valence-corrected chi connectivity index (χ0v) is 17.8. The molecule has 0 bridgehead atoms. The first-order valence-electron chi connectivity index (χ1n) is 10.5. The molecule has 1 aliphatic heterocycles. The van der Waals surface area contributed by atoms with Gasteiger partial charge >= 0.3 is 5.97 Å². The van der Waals surface area contributed by atoms with Crippen LogP contribution in [-0.2, 0) is 0 Å². The standard InChI is InChI=1S/C22H26FN3O3.ClH/c1-11-19-14(12-5-6-12)7-15(22(28)29)21(27)26(19)10-17(23)20(11)25-8-13-3-2-4-18(24)16(13)9-25;/h7,10,12-13,16,18H,2-6,8-9,24H2,1H3,(H,28,29);1H/t13-,16-,18+;/m0./s1. The van der Waals surface area contributed by atoms with E-state index in [2.05, 4.69) is 4.90 Å². The topological polar surface area (TPSA) is 88.0 Å². The minimum Gasteiger partial charge on any atom is -0.477 e. The molecule has 1 saturated heterocycles. The van der Waals surface area contributed by atoms with Gasteiger partial charge in [-0.1, -0.05) is 6.42 Å². The van der Waals surface area contributed by atoms with Crippen LogP contribution in [0.15, 0.2) is 17.1 Å².